The first-order valence-electron chi connectivity index (χ1n) is 5.80. The van der Waals surface area contributed by atoms with Crippen molar-refractivity contribution in [3.8, 4) is 0 Å². The molecular formula is C14H11N3OS. The molecule has 1 N–H and O–H groups in total. The Morgan fingerprint density at radius 3 is 3.00 bits per heavy atom. The van der Waals surface area contributed by atoms with E-state index in [0.29, 0.717) is 11.4 Å². The number of rotatable bonds is 2. The lowest BCUT2D eigenvalue weighted by molar-refractivity contribution is 0.102. The van der Waals surface area contributed by atoms with Gasteiger partial charge in [0.15, 0.2) is 0 Å². The van der Waals surface area contributed by atoms with Crippen LogP contribution in [0.5, 0.6) is 0 Å². The number of carbonyl (C=O) groups excluding carboxylic acids is 1. The van der Waals surface area contributed by atoms with E-state index in [1.165, 1.54) is 17.7 Å². The maximum atomic E-state index is 12.2. The van der Waals surface area contributed by atoms with Crippen LogP contribution >= 0.6 is 11.3 Å². The predicted molar refractivity (Wildman–Crippen MR) is 76.5 cm³/mol. The lowest BCUT2D eigenvalue weighted by atomic mass is 10.1. The summed E-state index contributed by atoms with van der Waals surface area (Å²) in [4.78, 5) is 21.3. The molecule has 0 aliphatic rings. The molecule has 2 aromatic heterocycles. The van der Waals surface area contributed by atoms with E-state index in [9.17, 15) is 4.79 Å². The van der Waals surface area contributed by atoms with Crippen LogP contribution in [-0.4, -0.2) is 15.9 Å². The zero-order chi connectivity index (χ0) is 13.2. The fraction of sp³-hybridized carbons (Fsp3) is 0.0714. The van der Waals surface area contributed by atoms with Crippen molar-refractivity contribution in [3.63, 3.8) is 0 Å². The molecule has 0 radical (unpaired) electrons. The van der Waals surface area contributed by atoms with Crippen molar-refractivity contribution in [1.29, 1.82) is 0 Å². The molecule has 1 amide bonds. The Labute approximate surface area is 114 Å². The second-order valence-electron chi connectivity index (χ2n) is 4.19. The molecule has 94 valence electrons. The van der Waals surface area contributed by atoms with Crippen LogP contribution in [0, 0.1) is 6.92 Å². The van der Waals surface area contributed by atoms with Crippen molar-refractivity contribution in [2.45, 2.75) is 6.92 Å². The highest BCUT2D eigenvalue weighted by molar-refractivity contribution is 7.16. The van der Waals surface area contributed by atoms with E-state index in [4.69, 9.17) is 0 Å². The number of fused-ring (bicyclic) bond motifs is 1. The molecule has 0 unspecified atom stereocenters. The summed E-state index contributed by atoms with van der Waals surface area (Å²) in [6.07, 6.45) is 1.46. The van der Waals surface area contributed by atoms with Gasteiger partial charge in [0, 0.05) is 5.56 Å². The topological polar surface area (TPSA) is 54.9 Å². The SMILES string of the molecule is Cc1cccc(C(=O)Nc2ncnc3sccc23)c1. The summed E-state index contributed by atoms with van der Waals surface area (Å²) in [5.41, 5.74) is 1.68. The van der Waals surface area contributed by atoms with Gasteiger partial charge in [0.2, 0.25) is 0 Å². The number of amides is 1. The summed E-state index contributed by atoms with van der Waals surface area (Å²) in [5, 5.41) is 5.63. The van der Waals surface area contributed by atoms with E-state index in [0.717, 1.165) is 15.8 Å². The second kappa shape index (κ2) is 4.78. The van der Waals surface area contributed by atoms with Crippen LogP contribution in [0.15, 0.2) is 42.0 Å². The quantitative estimate of drug-likeness (QED) is 0.777. The van der Waals surface area contributed by atoms with Crippen LogP contribution in [0.3, 0.4) is 0 Å². The number of aryl methyl sites for hydroxylation is 1. The van der Waals surface area contributed by atoms with Crippen molar-refractivity contribution < 1.29 is 4.79 Å². The van der Waals surface area contributed by atoms with Crippen LogP contribution in [0.25, 0.3) is 10.2 Å². The van der Waals surface area contributed by atoms with Gasteiger partial charge in [0.05, 0.1) is 5.39 Å². The van der Waals surface area contributed by atoms with Gasteiger partial charge in [-0.1, -0.05) is 17.7 Å². The minimum absolute atomic E-state index is 0.157. The Morgan fingerprint density at radius 2 is 2.16 bits per heavy atom. The third-order valence-electron chi connectivity index (χ3n) is 2.77. The van der Waals surface area contributed by atoms with Gasteiger partial charge >= 0.3 is 0 Å². The summed E-state index contributed by atoms with van der Waals surface area (Å²) in [6, 6.07) is 9.37. The molecular weight excluding hydrogens is 258 g/mol. The fourth-order valence-corrected chi connectivity index (χ4v) is 2.59. The van der Waals surface area contributed by atoms with Gasteiger partial charge in [-0.25, -0.2) is 9.97 Å². The number of aromatic nitrogens is 2. The minimum Gasteiger partial charge on any atom is -0.306 e. The van der Waals surface area contributed by atoms with E-state index in [1.807, 2.05) is 36.6 Å². The van der Waals surface area contributed by atoms with Crippen molar-refractivity contribution >= 4 is 33.3 Å². The average Bonchev–Trinajstić information content (AvgIpc) is 2.88. The van der Waals surface area contributed by atoms with Gasteiger partial charge in [0.25, 0.3) is 5.91 Å². The molecule has 0 saturated heterocycles. The molecule has 0 aliphatic carbocycles. The largest absolute Gasteiger partial charge is 0.306 e. The molecule has 0 aliphatic heterocycles. The van der Waals surface area contributed by atoms with Crippen molar-refractivity contribution in [2.24, 2.45) is 0 Å². The maximum absolute atomic E-state index is 12.2. The molecule has 3 aromatic rings. The molecule has 0 atom stereocenters. The average molecular weight is 269 g/mol. The second-order valence-corrected chi connectivity index (χ2v) is 5.08. The summed E-state index contributed by atoms with van der Waals surface area (Å²) in [7, 11) is 0. The summed E-state index contributed by atoms with van der Waals surface area (Å²) in [6.45, 7) is 1.96. The molecule has 0 spiro atoms. The zero-order valence-corrected chi connectivity index (χ0v) is 11.1. The Hall–Kier alpha value is -2.27. The van der Waals surface area contributed by atoms with Crippen LogP contribution in [-0.2, 0) is 0 Å². The van der Waals surface area contributed by atoms with Gasteiger partial charge in [0.1, 0.15) is 17.0 Å². The van der Waals surface area contributed by atoms with Gasteiger partial charge in [-0.15, -0.1) is 11.3 Å². The van der Waals surface area contributed by atoms with Crippen LogP contribution in [0.2, 0.25) is 0 Å². The van der Waals surface area contributed by atoms with E-state index >= 15 is 0 Å². The Balaban J connectivity index is 1.93. The Bertz CT molecular complexity index is 751. The van der Waals surface area contributed by atoms with Crippen molar-refractivity contribution in [2.75, 3.05) is 5.32 Å². The first-order chi connectivity index (χ1) is 9.24. The third-order valence-corrected chi connectivity index (χ3v) is 3.59. The maximum Gasteiger partial charge on any atom is 0.256 e. The standard InChI is InChI=1S/C14H11N3OS/c1-9-3-2-4-10(7-9)13(18)17-12-11-5-6-19-14(11)16-8-15-12/h2-8H,1H3,(H,15,16,17,18). The summed E-state index contributed by atoms with van der Waals surface area (Å²) in [5.74, 6) is 0.396. The van der Waals surface area contributed by atoms with Gasteiger partial charge < -0.3 is 5.32 Å². The Kier molecular flexibility index (Phi) is 2.97. The molecule has 3 rings (SSSR count). The minimum atomic E-state index is -0.157. The molecule has 1 aromatic carbocycles. The van der Waals surface area contributed by atoms with Crippen LogP contribution in [0.1, 0.15) is 15.9 Å². The highest BCUT2D eigenvalue weighted by Crippen LogP contribution is 2.24. The van der Waals surface area contributed by atoms with Crippen molar-refractivity contribution in [3.05, 3.63) is 53.2 Å². The molecule has 0 fully saturated rings. The number of thiophene rings is 1. The predicted octanol–water partition coefficient (Wildman–Crippen LogP) is 3.25. The molecule has 0 saturated carbocycles. The first-order valence-corrected chi connectivity index (χ1v) is 6.68. The van der Waals surface area contributed by atoms with E-state index in [-0.39, 0.29) is 5.91 Å². The normalized spacial score (nSPS) is 10.6. The van der Waals surface area contributed by atoms with Crippen molar-refractivity contribution in [1.82, 2.24) is 9.97 Å². The van der Waals surface area contributed by atoms with Crippen LogP contribution < -0.4 is 5.32 Å². The van der Waals surface area contributed by atoms with E-state index in [2.05, 4.69) is 15.3 Å². The molecule has 2 heterocycles. The zero-order valence-electron chi connectivity index (χ0n) is 10.3. The van der Waals surface area contributed by atoms with E-state index < -0.39 is 0 Å². The van der Waals surface area contributed by atoms with Gasteiger partial charge in [-0.3, -0.25) is 4.79 Å². The number of hydrogen-bond donors (Lipinski definition) is 1. The molecule has 4 nitrogen and oxygen atoms in total. The lowest BCUT2D eigenvalue weighted by Gasteiger charge is -2.05. The smallest absolute Gasteiger partial charge is 0.256 e. The number of carbonyl (C=O) groups is 1. The van der Waals surface area contributed by atoms with Gasteiger partial charge in [-0.2, -0.15) is 0 Å². The highest BCUT2D eigenvalue weighted by Gasteiger charge is 2.10. The Morgan fingerprint density at radius 1 is 1.26 bits per heavy atom. The monoisotopic (exact) mass is 269 g/mol. The van der Waals surface area contributed by atoms with E-state index in [1.54, 1.807) is 6.07 Å². The number of nitrogens with zero attached hydrogens (tertiary/aromatic N) is 2. The number of nitrogens with one attached hydrogen (secondary N) is 1. The summed E-state index contributed by atoms with van der Waals surface area (Å²) >= 11 is 1.52. The number of benzene rings is 1. The first kappa shape index (κ1) is 11.8. The summed E-state index contributed by atoms with van der Waals surface area (Å²) < 4.78 is 0. The third kappa shape index (κ3) is 2.32. The number of hydrogen-bond acceptors (Lipinski definition) is 4. The highest BCUT2D eigenvalue weighted by atomic mass is 32.1. The molecule has 19 heavy (non-hydrogen) atoms. The fourth-order valence-electron chi connectivity index (χ4n) is 1.86. The van der Waals surface area contributed by atoms with Crippen LogP contribution in [0.4, 0.5) is 5.82 Å². The van der Waals surface area contributed by atoms with Gasteiger partial charge in [-0.05, 0) is 30.5 Å². The molecule has 5 heteroatoms. The lowest BCUT2D eigenvalue weighted by Crippen LogP contribution is -2.13. The molecule has 0 bridgehead atoms. The number of anilines is 1.